The number of carbonyl (C=O) groups is 2. The van der Waals surface area contributed by atoms with Gasteiger partial charge in [-0.15, -0.1) is 0 Å². The maximum Gasteiger partial charge on any atom is 0.266 e. The van der Waals surface area contributed by atoms with Gasteiger partial charge >= 0.3 is 0 Å². The van der Waals surface area contributed by atoms with E-state index in [4.69, 9.17) is 9.47 Å². The first-order valence-corrected chi connectivity index (χ1v) is 8.89. The molecule has 27 heavy (non-hydrogen) atoms. The Kier molecular flexibility index (Phi) is 5.35. The van der Waals surface area contributed by atoms with Crippen molar-refractivity contribution < 1.29 is 19.1 Å². The van der Waals surface area contributed by atoms with E-state index in [2.05, 4.69) is 0 Å². The Labute approximate surface area is 159 Å². The van der Waals surface area contributed by atoms with Crippen molar-refractivity contribution in [1.29, 1.82) is 0 Å². The van der Waals surface area contributed by atoms with E-state index in [9.17, 15) is 9.59 Å². The number of benzene rings is 2. The Bertz CT molecular complexity index is 820. The average Bonchev–Trinajstić information content (AvgIpc) is 2.68. The number of hydrogen-bond donors (Lipinski definition) is 0. The van der Waals surface area contributed by atoms with Crippen LogP contribution in [0.1, 0.15) is 13.8 Å². The zero-order valence-electron chi connectivity index (χ0n) is 15.8. The summed E-state index contributed by atoms with van der Waals surface area (Å²) in [5.74, 6) is 0.722. The van der Waals surface area contributed by atoms with E-state index in [0.29, 0.717) is 24.6 Å². The summed E-state index contributed by atoms with van der Waals surface area (Å²) in [7, 11) is 1.55. The van der Waals surface area contributed by atoms with Crippen LogP contribution in [0.3, 0.4) is 0 Å². The molecule has 2 aromatic rings. The summed E-state index contributed by atoms with van der Waals surface area (Å²) in [6.07, 6.45) is 0. The van der Waals surface area contributed by atoms with Gasteiger partial charge in [0.05, 0.1) is 7.11 Å². The van der Waals surface area contributed by atoms with Crippen LogP contribution in [-0.2, 0) is 9.59 Å². The second kappa shape index (κ2) is 7.70. The van der Waals surface area contributed by atoms with Crippen LogP contribution < -0.4 is 14.4 Å². The van der Waals surface area contributed by atoms with Crippen LogP contribution in [0.2, 0.25) is 0 Å². The number of para-hydroxylation sites is 3. The molecular formula is C21H24N2O4. The van der Waals surface area contributed by atoms with Crippen molar-refractivity contribution >= 4 is 17.5 Å². The van der Waals surface area contributed by atoms with Crippen LogP contribution >= 0.6 is 0 Å². The predicted molar refractivity (Wildman–Crippen MR) is 103 cm³/mol. The Hall–Kier alpha value is -3.02. The highest BCUT2D eigenvalue weighted by molar-refractivity contribution is 5.99. The fourth-order valence-electron chi connectivity index (χ4n) is 3.13. The highest BCUT2D eigenvalue weighted by atomic mass is 16.5. The molecule has 2 amide bonds. The van der Waals surface area contributed by atoms with Crippen molar-refractivity contribution in [3.63, 3.8) is 0 Å². The average molecular weight is 368 g/mol. The third-order valence-electron chi connectivity index (χ3n) is 4.53. The molecule has 0 atom stereocenters. The molecule has 0 saturated carbocycles. The Morgan fingerprint density at radius 1 is 0.963 bits per heavy atom. The zero-order chi connectivity index (χ0) is 19.4. The van der Waals surface area contributed by atoms with Crippen LogP contribution in [-0.4, -0.2) is 49.1 Å². The first-order chi connectivity index (χ1) is 12.9. The lowest BCUT2D eigenvalue weighted by molar-refractivity contribution is -0.148. The molecule has 0 unspecified atom stereocenters. The van der Waals surface area contributed by atoms with Crippen molar-refractivity contribution in [3.8, 4) is 11.5 Å². The summed E-state index contributed by atoms with van der Waals surface area (Å²) in [5, 5.41) is 0. The summed E-state index contributed by atoms with van der Waals surface area (Å²) in [6.45, 7) is 4.36. The molecule has 0 aromatic heterocycles. The van der Waals surface area contributed by atoms with Gasteiger partial charge < -0.3 is 19.3 Å². The predicted octanol–water partition coefficient (Wildman–Crippen LogP) is 2.73. The van der Waals surface area contributed by atoms with Gasteiger partial charge in [0.15, 0.2) is 17.1 Å². The molecule has 1 fully saturated rings. The molecular weight excluding hydrogens is 344 g/mol. The maximum atomic E-state index is 13.0. The minimum Gasteiger partial charge on any atom is -0.493 e. The third kappa shape index (κ3) is 4.05. The first kappa shape index (κ1) is 18.8. The minimum atomic E-state index is -1.12. The van der Waals surface area contributed by atoms with Gasteiger partial charge in [-0.2, -0.15) is 0 Å². The van der Waals surface area contributed by atoms with Gasteiger partial charge in [-0.05, 0) is 38.1 Å². The molecule has 0 bridgehead atoms. The van der Waals surface area contributed by atoms with E-state index >= 15 is 0 Å². The van der Waals surface area contributed by atoms with Crippen LogP contribution in [0, 0.1) is 0 Å². The Balaban J connectivity index is 1.69. The van der Waals surface area contributed by atoms with Crippen molar-refractivity contribution in [1.82, 2.24) is 4.90 Å². The van der Waals surface area contributed by atoms with Gasteiger partial charge in [0.1, 0.15) is 6.54 Å². The third-order valence-corrected chi connectivity index (χ3v) is 4.53. The number of methoxy groups -OCH3 is 1. The number of ether oxygens (including phenoxy) is 2. The van der Waals surface area contributed by atoms with Crippen LogP contribution in [0.25, 0.3) is 0 Å². The molecule has 1 aliphatic heterocycles. The molecule has 2 aromatic carbocycles. The van der Waals surface area contributed by atoms with Crippen LogP contribution in [0.15, 0.2) is 54.6 Å². The van der Waals surface area contributed by atoms with Gasteiger partial charge in [-0.1, -0.05) is 30.3 Å². The summed E-state index contributed by atoms with van der Waals surface area (Å²) in [5.41, 5.74) is -0.275. The highest BCUT2D eigenvalue weighted by Gasteiger charge is 2.38. The van der Waals surface area contributed by atoms with E-state index < -0.39 is 5.60 Å². The second-order valence-corrected chi connectivity index (χ2v) is 6.87. The number of amides is 2. The topological polar surface area (TPSA) is 59.1 Å². The lowest BCUT2D eigenvalue weighted by Crippen LogP contribution is -2.58. The monoisotopic (exact) mass is 368 g/mol. The van der Waals surface area contributed by atoms with E-state index in [1.807, 2.05) is 42.5 Å². The Morgan fingerprint density at radius 3 is 2.22 bits per heavy atom. The van der Waals surface area contributed by atoms with Gasteiger partial charge in [0.2, 0.25) is 5.91 Å². The van der Waals surface area contributed by atoms with Crippen LogP contribution in [0.4, 0.5) is 5.69 Å². The maximum absolute atomic E-state index is 13.0. The highest BCUT2D eigenvalue weighted by Crippen LogP contribution is 2.30. The lowest BCUT2D eigenvalue weighted by Gasteiger charge is -2.38. The summed E-state index contributed by atoms with van der Waals surface area (Å²) in [4.78, 5) is 28.8. The van der Waals surface area contributed by atoms with E-state index in [-0.39, 0.29) is 18.4 Å². The van der Waals surface area contributed by atoms with Gasteiger partial charge in [0.25, 0.3) is 5.91 Å². The second-order valence-electron chi connectivity index (χ2n) is 6.87. The van der Waals surface area contributed by atoms with Crippen molar-refractivity contribution in [2.75, 3.05) is 31.6 Å². The summed E-state index contributed by atoms with van der Waals surface area (Å²) < 4.78 is 11.2. The number of rotatable bonds is 5. The number of anilines is 1. The van der Waals surface area contributed by atoms with Gasteiger partial charge in [-0.3, -0.25) is 9.59 Å². The molecule has 6 heteroatoms. The summed E-state index contributed by atoms with van der Waals surface area (Å²) >= 11 is 0. The molecule has 6 nitrogen and oxygen atoms in total. The zero-order valence-corrected chi connectivity index (χ0v) is 15.8. The molecule has 0 spiro atoms. The van der Waals surface area contributed by atoms with Gasteiger partial charge in [-0.25, -0.2) is 0 Å². The molecule has 0 N–H and O–H groups in total. The number of nitrogens with zero attached hydrogens (tertiary/aromatic N) is 2. The lowest BCUT2D eigenvalue weighted by atomic mass is 10.1. The van der Waals surface area contributed by atoms with Crippen LogP contribution in [0.5, 0.6) is 11.5 Å². The smallest absolute Gasteiger partial charge is 0.266 e. The molecule has 0 aliphatic carbocycles. The molecule has 1 heterocycles. The minimum absolute atomic E-state index is 0.0342. The standard InChI is InChI=1S/C21H24N2O4/c1-21(2,27-18-12-8-7-11-17(18)26-3)20(25)22-13-14-23(19(24)15-22)16-9-5-4-6-10-16/h4-12H,13-15H2,1-3H3. The number of piperazine rings is 1. The van der Waals surface area contributed by atoms with E-state index in [1.54, 1.807) is 42.9 Å². The first-order valence-electron chi connectivity index (χ1n) is 8.89. The fourth-order valence-corrected chi connectivity index (χ4v) is 3.13. The quantitative estimate of drug-likeness (QED) is 0.814. The van der Waals surface area contributed by atoms with E-state index in [1.165, 1.54) is 0 Å². The fraction of sp³-hybridized carbons (Fsp3) is 0.333. The molecule has 3 rings (SSSR count). The van der Waals surface area contributed by atoms with Crippen molar-refractivity contribution in [2.45, 2.75) is 19.4 Å². The Morgan fingerprint density at radius 2 is 1.59 bits per heavy atom. The number of carbonyl (C=O) groups excluding carboxylic acids is 2. The van der Waals surface area contributed by atoms with Crippen molar-refractivity contribution in [2.24, 2.45) is 0 Å². The molecule has 1 aliphatic rings. The van der Waals surface area contributed by atoms with Crippen molar-refractivity contribution in [3.05, 3.63) is 54.6 Å². The molecule has 1 saturated heterocycles. The normalized spacial score (nSPS) is 14.9. The number of hydrogen-bond acceptors (Lipinski definition) is 4. The largest absolute Gasteiger partial charge is 0.493 e. The van der Waals surface area contributed by atoms with E-state index in [0.717, 1.165) is 5.69 Å². The summed E-state index contributed by atoms with van der Waals surface area (Å²) in [6, 6.07) is 16.7. The SMILES string of the molecule is COc1ccccc1OC(C)(C)C(=O)N1CCN(c2ccccc2)C(=O)C1. The van der Waals surface area contributed by atoms with Gasteiger partial charge in [0, 0.05) is 18.8 Å². The molecule has 142 valence electrons. The molecule has 0 radical (unpaired) electrons.